The van der Waals surface area contributed by atoms with Gasteiger partial charge >= 0.3 is 5.97 Å². The predicted molar refractivity (Wildman–Crippen MR) is 55.2 cm³/mol. The zero-order chi connectivity index (χ0) is 11.4. The van der Waals surface area contributed by atoms with E-state index in [1.165, 1.54) is 0 Å². The van der Waals surface area contributed by atoms with Gasteiger partial charge in [0, 0.05) is 6.42 Å². The van der Waals surface area contributed by atoms with Crippen LogP contribution in [0, 0.1) is 5.92 Å². The standard InChI is InChI=1S/C11H20O4/c1-3-8(12)6-9-4-5-10(13)7(2)11(14)15-9/h7-10,12-13H,3-6H2,1-2H3/t7-,8+,9+,10+/m0/s1. The molecule has 1 aliphatic heterocycles. The highest BCUT2D eigenvalue weighted by molar-refractivity contribution is 5.73. The third kappa shape index (κ3) is 3.47. The molecule has 0 unspecified atom stereocenters. The van der Waals surface area contributed by atoms with Crippen molar-refractivity contribution in [3.63, 3.8) is 0 Å². The van der Waals surface area contributed by atoms with Crippen molar-refractivity contribution in [2.75, 3.05) is 0 Å². The maximum atomic E-state index is 11.4. The Morgan fingerprint density at radius 3 is 2.80 bits per heavy atom. The highest BCUT2D eigenvalue weighted by atomic mass is 16.5. The molecule has 15 heavy (non-hydrogen) atoms. The molecule has 0 aliphatic carbocycles. The molecule has 1 saturated heterocycles. The van der Waals surface area contributed by atoms with Gasteiger partial charge in [-0.3, -0.25) is 4.79 Å². The lowest BCUT2D eigenvalue weighted by Gasteiger charge is -2.18. The summed E-state index contributed by atoms with van der Waals surface area (Å²) in [6.07, 6.45) is 1.05. The minimum absolute atomic E-state index is 0.243. The zero-order valence-electron chi connectivity index (χ0n) is 9.35. The molecule has 0 aromatic carbocycles. The fourth-order valence-corrected chi connectivity index (χ4v) is 1.73. The number of carbonyl (C=O) groups is 1. The number of rotatable bonds is 3. The van der Waals surface area contributed by atoms with Crippen LogP contribution in [0.5, 0.6) is 0 Å². The highest BCUT2D eigenvalue weighted by Gasteiger charge is 2.31. The van der Waals surface area contributed by atoms with Gasteiger partial charge in [-0.15, -0.1) is 0 Å². The molecule has 1 heterocycles. The zero-order valence-corrected chi connectivity index (χ0v) is 9.35. The molecule has 0 bridgehead atoms. The minimum atomic E-state index is -0.610. The van der Waals surface area contributed by atoms with E-state index < -0.39 is 18.1 Å². The SMILES string of the molecule is CC[C@@H](O)C[C@H]1CC[C@@H](O)[C@H](C)C(=O)O1. The van der Waals surface area contributed by atoms with Gasteiger partial charge in [-0.2, -0.15) is 0 Å². The number of hydrogen-bond acceptors (Lipinski definition) is 4. The largest absolute Gasteiger partial charge is 0.462 e. The van der Waals surface area contributed by atoms with E-state index in [1.807, 2.05) is 6.92 Å². The third-order valence-corrected chi connectivity index (χ3v) is 3.02. The molecule has 0 saturated carbocycles. The van der Waals surface area contributed by atoms with E-state index in [0.29, 0.717) is 25.7 Å². The highest BCUT2D eigenvalue weighted by Crippen LogP contribution is 2.22. The molecule has 0 radical (unpaired) electrons. The van der Waals surface area contributed by atoms with Gasteiger partial charge in [0.2, 0.25) is 0 Å². The lowest BCUT2D eigenvalue weighted by atomic mass is 9.99. The Balaban J connectivity index is 2.51. The van der Waals surface area contributed by atoms with Crippen molar-refractivity contribution >= 4 is 5.97 Å². The van der Waals surface area contributed by atoms with Crippen LogP contribution in [-0.4, -0.2) is 34.5 Å². The molecule has 4 atom stereocenters. The molecule has 1 fully saturated rings. The monoisotopic (exact) mass is 216 g/mol. The Bertz CT molecular complexity index is 217. The number of ether oxygens (including phenoxy) is 1. The van der Waals surface area contributed by atoms with Gasteiger partial charge < -0.3 is 14.9 Å². The normalized spacial score (nSPS) is 34.4. The Morgan fingerprint density at radius 2 is 2.20 bits per heavy atom. The van der Waals surface area contributed by atoms with E-state index in [9.17, 15) is 15.0 Å². The van der Waals surface area contributed by atoms with Crippen molar-refractivity contribution in [3.05, 3.63) is 0 Å². The Kier molecular flexibility index (Phi) is 4.54. The molecule has 1 aliphatic rings. The van der Waals surface area contributed by atoms with Crippen LogP contribution in [0.1, 0.15) is 39.5 Å². The molecule has 4 nitrogen and oxygen atoms in total. The average molecular weight is 216 g/mol. The van der Waals surface area contributed by atoms with Gasteiger partial charge in [0.1, 0.15) is 6.10 Å². The molecule has 2 N–H and O–H groups in total. The first-order valence-corrected chi connectivity index (χ1v) is 5.61. The Hall–Kier alpha value is -0.610. The summed E-state index contributed by atoms with van der Waals surface area (Å²) < 4.78 is 5.21. The topological polar surface area (TPSA) is 66.8 Å². The summed E-state index contributed by atoms with van der Waals surface area (Å²) in [5.74, 6) is -0.804. The molecule has 0 amide bonds. The third-order valence-electron chi connectivity index (χ3n) is 3.02. The molecular formula is C11H20O4. The van der Waals surface area contributed by atoms with E-state index in [4.69, 9.17) is 4.74 Å². The van der Waals surface area contributed by atoms with Crippen molar-refractivity contribution in [1.29, 1.82) is 0 Å². The quantitative estimate of drug-likeness (QED) is 0.686. The summed E-state index contributed by atoms with van der Waals surface area (Å²) >= 11 is 0. The molecule has 0 aromatic heterocycles. The van der Waals surface area contributed by atoms with Crippen LogP contribution < -0.4 is 0 Å². The van der Waals surface area contributed by atoms with E-state index >= 15 is 0 Å². The number of aliphatic hydroxyl groups is 2. The van der Waals surface area contributed by atoms with E-state index in [1.54, 1.807) is 6.92 Å². The number of esters is 1. The summed E-state index contributed by atoms with van der Waals surface area (Å²) in [5.41, 5.74) is 0. The van der Waals surface area contributed by atoms with Gasteiger partial charge in [-0.1, -0.05) is 6.92 Å². The second-order valence-electron chi connectivity index (χ2n) is 4.29. The van der Waals surface area contributed by atoms with Crippen LogP contribution in [0.3, 0.4) is 0 Å². The average Bonchev–Trinajstić information content (AvgIpc) is 2.33. The molecule has 88 valence electrons. The van der Waals surface area contributed by atoms with Crippen LogP contribution >= 0.6 is 0 Å². The van der Waals surface area contributed by atoms with Crippen LogP contribution in [0.2, 0.25) is 0 Å². The van der Waals surface area contributed by atoms with Crippen molar-refractivity contribution in [2.24, 2.45) is 5.92 Å². The second kappa shape index (κ2) is 5.47. The maximum absolute atomic E-state index is 11.4. The first-order chi connectivity index (χ1) is 7.04. The van der Waals surface area contributed by atoms with Crippen molar-refractivity contribution in [2.45, 2.75) is 57.8 Å². The maximum Gasteiger partial charge on any atom is 0.311 e. The van der Waals surface area contributed by atoms with E-state index in [-0.39, 0.29) is 12.1 Å². The number of aliphatic hydroxyl groups excluding tert-OH is 2. The molecule has 1 rings (SSSR count). The Morgan fingerprint density at radius 1 is 1.53 bits per heavy atom. The summed E-state index contributed by atoms with van der Waals surface area (Å²) in [6.45, 7) is 3.56. The first kappa shape index (κ1) is 12.5. The number of cyclic esters (lactones) is 1. The van der Waals surface area contributed by atoms with E-state index in [0.717, 1.165) is 0 Å². The van der Waals surface area contributed by atoms with Crippen molar-refractivity contribution in [3.8, 4) is 0 Å². The van der Waals surface area contributed by atoms with Crippen molar-refractivity contribution < 1.29 is 19.7 Å². The predicted octanol–water partition coefficient (Wildman–Crippen LogP) is 0.850. The van der Waals surface area contributed by atoms with Gasteiger partial charge in [0.05, 0.1) is 18.1 Å². The van der Waals surface area contributed by atoms with Crippen LogP contribution in [-0.2, 0) is 9.53 Å². The molecule has 0 spiro atoms. The Labute approximate surface area is 90.2 Å². The minimum Gasteiger partial charge on any atom is -0.462 e. The fourth-order valence-electron chi connectivity index (χ4n) is 1.73. The molecule has 0 aromatic rings. The van der Waals surface area contributed by atoms with Crippen LogP contribution in [0.4, 0.5) is 0 Å². The number of carbonyl (C=O) groups excluding carboxylic acids is 1. The van der Waals surface area contributed by atoms with Gasteiger partial charge in [-0.05, 0) is 26.2 Å². The summed E-state index contributed by atoms with van der Waals surface area (Å²) in [4.78, 5) is 11.4. The van der Waals surface area contributed by atoms with Crippen LogP contribution in [0.15, 0.2) is 0 Å². The smallest absolute Gasteiger partial charge is 0.311 e. The van der Waals surface area contributed by atoms with E-state index in [2.05, 4.69) is 0 Å². The lowest BCUT2D eigenvalue weighted by Crippen LogP contribution is -2.26. The van der Waals surface area contributed by atoms with Gasteiger partial charge in [-0.25, -0.2) is 0 Å². The molecular weight excluding hydrogens is 196 g/mol. The van der Waals surface area contributed by atoms with Crippen LogP contribution in [0.25, 0.3) is 0 Å². The lowest BCUT2D eigenvalue weighted by molar-refractivity contribution is -0.155. The first-order valence-electron chi connectivity index (χ1n) is 5.61. The fraction of sp³-hybridized carbons (Fsp3) is 0.909. The number of hydrogen-bond donors (Lipinski definition) is 2. The summed E-state index contributed by atoms with van der Waals surface area (Å²) in [6, 6.07) is 0. The van der Waals surface area contributed by atoms with Gasteiger partial charge in [0.25, 0.3) is 0 Å². The molecule has 4 heteroatoms. The van der Waals surface area contributed by atoms with Gasteiger partial charge in [0.15, 0.2) is 0 Å². The summed E-state index contributed by atoms with van der Waals surface area (Å²) in [5, 5.41) is 19.0. The van der Waals surface area contributed by atoms with Crippen molar-refractivity contribution in [1.82, 2.24) is 0 Å². The summed E-state index contributed by atoms with van der Waals surface area (Å²) in [7, 11) is 0. The second-order valence-corrected chi connectivity index (χ2v) is 4.29.